The first-order valence-corrected chi connectivity index (χ1v) is 6.72. The summed E-state index contributed by atoms with van der Waals surface area (Å²) in [6.07, 6.45) is 4.17. The van der Waals surface area contributed by atoms with Crippen molar-refractivity contribution in [2.24, 2.45) is 5.73 Å². The molecule has 2 N–H and O–H groups in total. The van der Waals surface area contributed by atoms with Crippen LogP contribution in [0.2, 0.25) is 0 Å². The molecule has 0 atom stereocenters. The number of hydrogen-bond donors (Lipinski definition) is 1. The smallest absolute Gasteiger partial charge is 0.271 e. The molecule has 104 valence electrons. The summed E-state index contributed by atoms with van der Waals surface area (Å²) >= 11 is 0. The number of anilines is 1. The maximum absolute atomic E-state index is 10.9. The minimum atomic E-state index is -0.340. The Morgan fingerprint density at radius 1 is 1.32 bits per heavy atom. The SMILES string of the molecule is Cc1ccc([N+](=O)[O-])cc1N(C)C1CCC(N)CC1. The largest absolute Gasteiger partial charge is 0.371 e. The molecule has 1 saturated carbocycles. The van der Waals surface area contributed by atoms with E-state index in [4.69, 9.17) is 5.73 Å². The molecule has 0 aliphatic heterocycles. The van der Waals surface area contributed by atoms with E-state index in [2.05, 4.69) is 4.90 Å². The topological polar surface area (TPSA) is 72.4 Å². The van der Waals surface area contributed by atoms with Gasteiger partial charge in [0.1, 0.15) is 0 Å². The summed E-state index contributed by atoms with van der Waals surface area (Å²) in [5.74, 6) is 0. The highest BCUT2D eigenvalue weighted by Crippen LogP contribution is 2.30. The quantitative estimate of drug-likeness (QED) is 0.672. The fourth-order valence-corrected chi connectivity index (χ4v) is 2.78. The first kappa shape index (κ1) is 13.8. The lowest BCUT2D eigenvalue weighted by atomic mass is 9.90. The molecule has 0 bridgehead atoms. The monoisotopic (exact) mass is 263 g/mol. The average Bonchev–Trinajstić information content (AvgIpc) is 2.39. The Kier molecular flexibility index (Phi) is 4.04. The molecule has 0 saturated heterocycles. The first-order chi connectivity index (χ1) is 8.99. The standard InChI is InChI=1S/C14H21N3O2/c1-10-3-6-13(17(18)19)9-14(10)16(2)12-7-4-11(15)5-8-12/h3,6,9,11-12H,4-5,7-8,15H2,1-2H3. The summed E-state index contributed by atoms with van der Waals surface area (Å²) in [6, 6.07) is 5.79. The zero-order valence-electron chi connectivity index (χ0n) is 11.5. The Bertz CT molecular complexity index is 468. The number of rotatable bonds is 3. The number of non-ortho nitro benzene ring substituents is 1. The summed E-state index contributed by atoms with van der Waals surface area (Å²) in [6.45, 7) is 1.99. The van der Waals surface area contributed by atoms with Crippen LogP contribution in [0, 0.1) is 17.0 Å². The van der Waals surface area contributed by atoms with Crippen LogP contribution in [0.15, 0.2) is 18.2 Å². The molecule has 0 unspecified atom stereocenters. The van der Waals surface area contributed by atoms with Gasteiger partial charge in [0.2, 0.25) is 0 Å². The summed E-state index contributed by atoms with van der Waals surface area (Å²) < 4.78 is 0. The Labute approximate surface area is 113 Å². The fraction of sp³-hybridized carbons (Fsp3) is 0.571. The van der Waals surface area contributed by atoms with Gasteiger partial charge in [0.25, 0.3) is 5.69 Å². The second-order valence-corrected chi connectivity index (χ2v) is 5.41. The molecule has 0 spiro atoms. The van der Waals surface area contributed by atoms with E-state index in [1.165, 1.54) is 0 Å². The molecule has 0 amide bonds. The van der Waals surface area contributed by atoms with E-state index in [9.17, 15) is 10.1 Å². The van der Waals surface area contributed by atoms with Crippen LogP contribution in [0.5, 0.6) is 0 Å². The molecule has 1 aromatic rings. The van der Waals surface area contributed by atoms with Crippen molar-refractivity contribution in [3.63, 3.8) is 0 Å². The lowest BCUT2D eigenvalue weighted by Crippen LogP contribution is -2.39. The number of nitro benzene ring substituents is 1. The lowest BCUT2D eigenvalue weighted by molar-refractivity contribution is -0.384. The van der Waals surface area contributed by atoms with Crippen LogP contribution in [0.3, 0.4) is 0 Å². The van der Waals surface area contributed by atoms with Crippen molar-refractivity contribution in [1.29, 1.82) is 0 Å². The van der Waals surface area contributed by atoms with Crippen LogP contribution in [0.1, 0.15) is 31.2 Å². The summed E-state index contributed by atoms with van der Waals surface area (Å²) in [7, 11) is 2.02. The third-order valence-electron chi connectivity index (χ3n) is 4.07. The molecule has 1 aliphatic rings. The molecule has 1 aromatic carbocycles. The normalized spacial score (nSPS) is 23.1. The Balaban J connectivity index is 2.20. The number of hydrogen-bond acceptors (Lipinski definition) is 4. The minimum absolute atomic E-state index is 0.153. The van der Waals surface area contributed by atoms with E-state index in [-0.39, 0.29) is 10.6 Å². The number of benzene rings is 1. The Morgan fingerprint density at radius 2 is 1.95 bits per heavy atom. The molecule has 5 heteroatoms. The predicted octanol–water partition coefficient (Wildman–Crippen LogP) is 2.61. The van der Waals surface area contributed by atoms with Gasteiger partial charge in [-0.05, 0) is 38.2 Å². The molecule has 0 heterocycles. The molecule has 19 heavy (non-hydrogen) atoms. The number of nitro groups is 1. The van der Waals surface area contributed by atoms with Crippen LogP contribution in [0.25, 0.3) is 0 Å². The number of nitrogens with zero attached hydrogens (tertiary/aromatic N) is 2. The van der Waals surface area contributed by atoms with Gasteiger partial charge in [-0.25, -0.2) is 0 Å². The van der Waals surface area contributed by atoms with E-state index >= 15 is 0 Å². The molecular formula is C14H21N3O2. The minimum Gasteiger partial charge on any atom is -0.371 e. The molecule has 0 aromatic heterocycles. The van der Waals surface area contributed by atoms with Gasteiger partial charge in [-0.15, -0.1) is 0 Å². The van der Waals surface area contributed by atoms with Crippen LogP contribution in [0.4, 0.5) is 11.4 Å². The summed E-state index contributed by atoms with van der Waals surface area (Å²) in [5.41, 5.74) is 8.10. The van der Waals surface area contributed by atoms with Gasteiger partial charge in [-0.2, -0.15) is 0 Å². The van der Waals surface area contributed by atoms with Gasteiger partial charge >= 0.3 is 0 Å². The van der Waals surface area contributed by atoms with Gasteiger partial charge in [0.05, 0.1) is 4.92 Å². The maximum Gasteiger partial charge on any atom is 0.271 e. The van der Waals surface area contributed by atoms with E-state index in [0.29, 0.717) is 12.1 Å². The second-order valence-electron chi connectivity index (χ2n) is 5.41. The molecule has 1 fully saturated rings. The third kappa shape index (κ3) is 3.04. The number of nitrogens with two attached hydrogens (primary N) is 1. The van der Waals surface area contributed by atoms with E-state index in [1.54, 1.807) is 12.1 Å². The van der Waals surface area contributed by atoms with Crippen molar-refractivity contribution in [3.8, 4) is 0 Å². The maximum atomic E-state index is 10.9. The van der Waals surface area contributed by atoms with Crippen molar-refractivity contribution < 1.29 is 4.92 Å². The van der Waals surface area contributed by atoms with Gasteiger partial charge in [-0.3, -0.25) is 10.1 Å². The summed E-state index contributed by atoms with van der Waals surface area (Å²) in [4.78, 5) is 12.7. The van der Waals surface area contributed by atoms with E-state index in [1.807, 2.05) is 20.0 Å². The molecule has 5 nitrogen and oxygen atoms in total. The van der Waals surface area contributed by atoms with Crippen molar-refractivity contribution in [2.45, 2.75) is 44.7 Å². The van der Waals surface area contributed by atoms with Crippen LogP contribution < -0.4 is 10.6 Å². The van der Waals surface area contributed by atoms with Crippen molar-refractivity contribution in [3.05, 3.63) is 33.9 Å². The highest BCUT2D eigenvalue weighted by Gasteiger charge is 2.23. The lowest BCUT2D eigenvalue weighted by Gasteiger charge is -2.35. The zero-order valence-corrected chi connectivity index (χ0v) is 11.5. The van der Waals surface area contributed by atoms with Gasteiger partial charge in [0.15, 0.2) is 0 Å². The van der Waals surface area contributed by atoms with Crippen molar-refractivity contribution >= 4 is 11.4 Å². The highest BCUT2D eigenvalue weighted by molar-refractivity contribution is 5.58. The molecule has 1 aliphatic carbocycles. The van der Waals surface area contributed by atoms with E-state index < -0.39 is 0 Å². The van der Waals surface area contributed by atoms with E-state index in [0.717, 1.165) is 36.9 Å². The van der Waals surface area contributed by atoms with Gasteiger partial charge in [-0.1, -0.05) is 6.07 Å². The number of aryl methyl sites for hydroxylation is 1. The van der Waals surface area contributed by atoms with Crippen LogP contribution in [-0.4, -0.2) is 24.1 Å². The fourth-order valence-electron chi connectivity index (χ4n) is 2.78. The van der Waals surface area contributed by atoms with Crippen LogP contribution in [-0.2, 0) is 0 Å². The Hall–Kier alpha value is -1.62. The van der Waals surface area contributed by atoms with Crippen molar-refractivity contribution in [2.75, 3.05) is 11.9 Å². The van der Waals surface area contributed by atoms with Gasteiger partial charge < -0.3 is 10.6 Å². The third-order valence-corrected chi connectivity index (χ3v) is 4.07. The molecular weight excluding hydrogens is 242 g/mol. The first-order valence-electron chi connectivity index (χ1n) is 6.72. The predicted molar refractivity (Wildman–Crippen MR) is 76.5 cm³/mol. The van der Waals surface area contributed by atoms with Crippen LogP contribution >= 0.6 is 0 Å². The summed E-state index contributed by atoms with van der Waals surface area (Å²) in [5, 5.41) is 10.9. The second kappa shape index (κ2) is 5.57. The van der Waals surface area contributed by atoms with Crippen molar-refractivity contribution in [1.82, 2.24) is 0 Å². The average molecular weight is 263 g/mol. The van der Waals surface area contributed by atoms with Gasteiger partial charge in [0, 0.05) is 37.0 Å². The zero-order chi connectivity index (χ0) is 14.0. The molecule has 2 rings (SSSR count). The Morgan fingerprint density at radius 3 is 2.53 bits per heavy atom. The highest BCUT2D eigenvalue weighted by atomic mass is 16.6. The molecule has 0 radical (unpaired) electrons.